The van der Waals surface area contributed by atoms with Gasteiger partial charge in [-0.05, 0) is 61.6 Å². The molecule has 4 rings (SSSR count). The van der Waals surface area contributed by atoms with Crippen LogP contribution in [0, 0.1) is 12.7 Å². The summed E-state index contributed by atoms with van der Waals surface area (Å²) in [6, 6.07) is 22.3. The van der Waals surface area contributed by atoms with E-state index >= 15 is 0 Å². The van der Waals surface area contributed by atoms with Crippen molar-refractivity contribution in [1.29, 1.82) is 0 Å². The van der Waals surface area contributed by atoms with Gasteiger partial charge in [0.1, 0.15) is 5.82 Å². The van der Waals surface area contributed by atoms with Gasteiger partial charge in [-0.3, -0.25) is 20.4 Å². The molecule has 194 valence electrons. The van der Waals surface area contributed by atoms with Crippen LogP contribution >= 0.6 is 0 Å². The van der Waals surface area contributed by atoms with Crippen molar-refractivity contribution in [2.45, 2.75) is 51.1 Å². The molecular formula is C30H35FN4O2. The standard InChI is InChI=1S/C30H35FN4O2/c1-21-16-17-23(19-27(21)32-29(36)25-14-8-9-15-26(25)31)30(37)35(2)18-10-4-7-13-24-20-28(34-33-24)22-11-5-3-6-12-22/h3,5-6,8-9,11-12,14-17,19,24,28,33-34H,4,7,10,13,18,20H2,1-2H3,(H,32,36). The first-order valence-corrected chi connectivity index (χ1v) is 12.9. The zero-order valence-electron chi connectivity index (χ0n) is 21.5. The number of unbranched alkanes of at least 4 members (excludes halogenated alkanes) is 2. The Balaban J connectivity index is 1.22. The molecule has 0 saturated carbocycles. The van der Waals surface area contributed by atoms with E-state index in [2.05, 4.69) is 40.4 Å². The summed E-state index contributed by atoms with van der Waals surface area (Å²) < 4.78 is 14.0. The first kappa shape index (κ1) is 26.5. The predicted molar refractivity (Wildman–Crippen MR) is 145 cm³/mol. The van der Waals surface area contributed by atoms with Crippen molar-refractivity contribution in [3.05, 3.63) is 101 Å². The highest BCUT2D eigenvalue weighted by Crippen LogP contribution is 2.24. The number of amides is 2. The van der Waals surface area contributed by atoms with Crippen LogP contribution in [-0.2, 0) is 0 Å². The topological polar surface area (TPSA) is 73.5 Å². The summed E-state index contributed by atoms with van der Waals surface area (Å²) in [5.74, 6) is -1.23. The SMILES string of the molecule is Cc1ccc(C(=O)N(C)CCCCCC2CC(c3ccccc3)NN2)cc1NC(=O)c1ccccc1F. The number of aryl methyl sites for hydroxylation is 1. The molecular weight excluding hydrogens is 467 g/mol. The normalized spacial score (nSPS) is 16.9. The maximum absolute atomic E-state index is 14.0. The summed E-state index contributed by atoms with van der Waals surface area (Å²) >= 11 is 0. The predicted octanol–water partition coefficient (Wildman–Crippen LogP) is 5.63. The first-order chi connectivity index (χ1) is 17.9. The average Bonchev–Trinajstić information content (AvgIpc) is 3.39. The Labute approximate surface area is 218 Å². The van der Waals surface area contributed by atoms with Crippen LogP contribution in [0.4, 0.5) is 10.1 Å². The molecule has 1 fully saturated rings. The zero-order valence-corrected chi connectivity index (χ0v) is 21.5. The van der Waals surface area contributed by atoms with Gasteiger partial charge in [0.15, 0.2) is 0 Å². The van der Waals surface area contributed by atoms with E-state index < -0.39 is 11.7 Å². The molecule has 3 N–H and O–H groups in total. The Morgan fingerprint density at radius 2 is 1.73 bits per heavy atom. The van der Waals surface area contributed by atoms with Crippen LogP contribution in [-0.4, -0.2) is 36.3 Å². The molecule has 1 saturated heterocycles. The molecule has 6 nitrogen and oxygen atoms in total. The van der Waals surface area contributed by atoms with Gasteiger partial charge in [0.25, 0.3) is 11.8 Å². The van der Waals surface area contributed by atoms with Crippen molar-refractivity contribution in [2.24, 2.45) is 0 Å². The molecule has 2 unspecified atom stereocenters. The first-order valence-electron chi connectivity index (χ1n) is 12.9. The smallest absolute Gasteiger partial charge is 0.258 e. The van der Waals surface area contributed by atoms with Gasteiger partial charge in [-0.25, -0.2) is 4.39 Å². The van der Waals surface area contributed by atoms with Gasteiger partial charge in [0, 0.05) is 36.9 Å². The Morgan fingerprint density at radius 1 is 0.973 bits per heavy atom. The molecule has 1 aliphatic heterocycles. The fourth-order valence-corrected chi connectivity index (χ4v) is 4.68. The van der Waals surface area contributed by atoms with Crippen LogP contribution in [0.1, 0.15) is 70.0 Å². The molecule has 1 aliphatic rings. The van der Waals surface area contributed by atoms with E-state index in [1.54, 1.807) is 36.2 Å². The lowest BCUT2D eigenvalue weighted by Crippen LogP contribution is -2.30. The second-order valence-corrected chi connectivity index (χ2v) is 9.72. The molecule has 0 radical (unpaired) electrons. The number of halogens is 1. The van der Waals surface area contributed by atoms with Gasteiger partial charge in [0.2, 0.25) is 0 Å². The molecule has 0 aliphatic carbocycles. The molecule has 1 heterocycles. The fraction of sp³-hybridized carbons (Fsp3) is 0.333. The second kappa shape index (κ2) is 12.6. The largest absolute Gasteiger partial charge is 0.342 e. The Morgan fingerprint density at radius 3 is 2.51 bits per heavy atom. The number of hydrogen-bond donors (Lipinski definition) is 3. The van der Waals surface area contributed by atoms with Crippen LogP contribution in [0.5, 0.6) is 0 Å². The van der Waals surface area contributed by atoms with Crippen molar-refractivity contribution in [3.63, 3.8) is 0 Å². The number of benzene rings is 3. The summed E-state index contributed by atoms with van der Waals surface area (Å²) in [7, 11) is 1.80. The highest BCUT2D eigenvalue weighted by atomic mass is 19.1. The van der Waals surface area contributed by atoms with Crippen LogP contribution in [0.2, 0.25) is 0 Å². The highest BCUT2D eigenvalue weighted by Gasteiger charge is 2.24. The minimum Gasteiger partial charge on any atom is -0.342 e. The van der Waals surface area contributed by atoms with Crippen molar-refractivity contribution >= 4 is 17.5 Å². The molecule has 2 atom stereocenters. The third-order valence-electron chi connectivity index (χ3n) is 6.93. The van der Waals surface area contributed by atoms with E-state index in [4.69, 9.17) is 0 Å². The second-order valence-electron chi connectivity index (χ2n) is 9.72. The van der Waals surface area contributed by atoms with E-state index in [-0.39, 0.29) is 11.5 Å². The van der Waals surface area contributed by atoms with E-state index in [0.29, 0.717) is 29.9 Å². The molecule has 2 amide bonds. The summed E-state index contributed by atoms with van der Waals surface area (Å²) in [5, 5.41) is 2.74. The van der Waals surface area contributed by atoms with Crippen LogP contribution in [0.3, 0.4) is 0 Å². The molecule has 3 aromatic carbocycles. The molecule has 37 heavy (non-hydrogen) atoms. The lowest BCUT2D eigenvalue weighted by atomic mass is 9.99. The maximum atomic E-state index is 14.0. The molecule has 3 aromatic rings. The van der Waals surface area contributed by atoms with Crippen LogP contribution in [0.15, 0.2) is 72.8 Å². The van der Waals surface area contributed by atoms with Gasteiger partial charge in [-0.2, -0.15) is 0 Å². The van der Waals surface area contributed by atoms with Crippen LogP contribution < -0.4 is 16.2 Å². The lowest BCUT2D eigenvalue weighted by molar-refractivity contribution is 0.0792. The van der Waals surface area contributed by atoms with E-state index in [9.17, 15) is 14.0 Å². The van der Waals surface area contributed by atoms with Crippen molar-refractivity contribution in [2.75, 3.05) is 18.9 Å². The minimum atomic E-state index is -0.583. The number of hydrazine groups is 1. The fourth-order valence-electron chi connectivity index (χ4n) is 4.68. The minimum absolute atomic E-state index is 0.0325. The number of nitrogens with one attached hydrogen (secondary N) is 3. The molecule has 0 aromatic heterocycles. The van der Waals surface area contributed by atoms with Gasteiger partial charge in [-0.1, -0.05) is 61.4 Å². The summed E-state index contributed by atoms with van der Waals surface area (Å²) in [6.07, 6.45) is 5.24. The number of rotatable bonds is 10. The Hall–Kier alpha value is -3.55. The monoisotopic (exact) mass is 502 g/mol. The maximum Gasteiger partial charge on any atom is 0.258 e. The third kappa shape index (κ3) is 7.02. The quantitative estimate of drug-likeness (QED) is 0.314. The number of hydrogen-bond acceptors (Lipinski definition) is 4. The van der Waals surface area contributed by atoms with Gasteiger partial charge in [-0.15, -0.1) is 0 Å². The van der Waals surface area contributed by atoms with Crippen molar-refractivity contribution in [3.8, 4) is 0 Å². The number of carbonyl (C=O) groups is 2. The Kier molecular flexibility index (Phi) is 9.04. The number of nitrogens with zero attached hydrogens (tertiary/aromatic N) is 1. The van der Waals surface area contributed by atoms with E-state index in [1.807, 2.05) is 13.0 Å². The Bertz CT molecular complexity index is 1220. The van der Waals surface area contributed by atoms with Crippen LogP contribution in [0.25, 0.3) is 0 Å². The number of carbonyl (C=O) groups excluding carboxylic acids is 2. The van der Waals surface area contributed by atoms with Gasteiger partial charge < -0.3 is 10.2 Å². The summed E-state index contributed by atoms with van der Waals surface area (Å²) in [4.78, 5) is 27.2. The molecule has 0 bridgehead atoms. The average molecular weight is 503 g/mol. The summed E-state index contributed by atoms with van der Waals surface area (Å²) in [5.41, 5.74) is 9.88. The van der Waals surface area contributed by atoms with Crippen molar-refractivity contribution in [1.82, 2.24) is 15.8 Å². The summed E-state index contributed by atoms with van der Waals surface area (Å²) in [6.45, 7) is 2.50. The highest BCUT2D eigenvalue weighted by molar-refractivity contribution is 6.05. The van der Waals surface area contributed by atoms with Gasteiger partial charge >= 0.3 is 0 Å². The molecule has 0 spiro atoms. The van der Waals surface area contributed by atoms with E-state index in [1.165, 1.54) is 23.8 Å². The zero-order chi connectivity index (χ0) is 26.2. The number of anilines is 1. The third-order valence-corrected chi connectivity index (χ3v) is 6.93. The lowest BCUT2D eigenvalue weighted by Gasteiger charge is -2.18. The van der Waals surface area contributed by atoms with Gasteiger partial charge in [0.05, 0.1) is 5.56 Å². The van der Waals surface area contributed by atoms with E-state index in [0.717, 1.165) is 37.7 Å². The molecule has 7 heteroatoms. The van der Waals surface area contributed by atoms with Crippen molar-refractivity contribution < 1.29 is 14.0 Å².